The Morgan fingerprint density at radius 2 is 2.05 bits per heavy atom. The van der Waals surface area contributed by atoms with Crippen LogP contribution in [0, 0.1) is 0 Å². The molecule has 0 aromatic carbocycles. The first-order valence-electron chi connectivity index (χ1n) is 6.59. The van der Waals surface area contributed by atoms with Crippen molar-refractivity contribution < 1.29 is 9.53 Å². The van der Waals surface area contributed by atoms with Crippen molar-refractivity contribution in [3.8, 4) is 0 Å². The molecule has 0 saturated carbocycles. The number of carbonyl (C=O) groups is 1. The summed E-state index contributed by atoms with van der Waals surface area (Å²) >= 11 is 0. The van der Waals surface area contributed by atoms with Gasteiger partial charge in [0.1, 0.15) is 11.4 Å². The van der Waals surface area contributed by atoms with Gasteiger partial charge in [0.15, 0.2) is 0 Å². The van der Waals surface area contributed by atoms with Crippen LogP contribution in [0.1, 0.15) is 57.6 Å². The SMILES string of the molecule is CC(C)c1ncc2c(n1)CN(C(=O)OC(C)(C)C)C2. The number of carbonyl (C=O) groups excluding carboxylic acids is 1. The Balaban J connectivity index is 2.10. The number of hydrogen-bond acceptors (Lipinski definition) is 4. The Bertz CT molecular complexity index is 492. The van der Waals surface area contributed by atoms with E-state index in [2.05, 4.69) is 23.8 Å². The van der Waals surface area contributed by atoms with Crippen LogP contribution in [-0.4, -0.2) is 26.6 Å². The van der Waals surface area contributed by atoms with E-state index < -0.39 is 5.60 Å². The number of ether oxygens (including phenoxy) is 1. The van der Waals surface area contributed by atoms with E-state index in [-0.39, 0.29) is 6.09 Å². The molecule has 0 N–H and O–H groups in total. The molecule has 1 amide bonds. The first-order valence-corrected chi connectivity index (χ1v) is 6.59. The summed E-state index contributed by atoms with van der Waals surface area (Å²) in [6.45, 7) is 10.8. The van der Waals surface area contributed by atoms with Gasteiger partial charge in [-0.2, -0.15) is 0 Å². The zero-order valence-corrected chi connectivity index (χ0v) is 12.2. The Kier molecular flexibility index (Phi) is 3.47. The number of hydrogen-bond donors (Lipinski definition) is 0. The van der Waals surface area contributed by atoms with Crippen molar-refractivity contribution in [1.82, 2.24) is 14.9 Å². The first-order chi connectivity index (χ1) is 8.76. The van der Waals surface area contributed by atoms with Gasteiger partial charge in [0.25, 0.3) is 0 Å². The molecule has 0 bridgehead atoms. The largest absolute Gasteiger partial charge is 0.444 e. The van der Waals surface area contributed by atoms with Crippen molar-refractivity contribution in [2.24, 2.45) is 0 Å². The molecule has 0 radical (unpaired) electrons. The number of nitrogens with zero attached hydrogens (tertiary/aromatic N) is 3. The van der Waals surface area contributed by atoms with Gasteiger partial charge in [0.2, 0.25) is 0 Å². The van der Waals surface area contributed by atoms with Gasteiger partial charge in [-0.15, -0.1) is 0 Å². The number of amides is 1. The molecule has 1 aromatic rings. The van der Waals surface area contributed by atoms with Gasteiger partial charge in [-0.05, 0) is 20.8 Å². The van der Waals surface area contributed by atoms with Gasteiger partial charge in [-0.1, -0.05) is 13.8 Å². The fourth-order valence-corrected chi connectivity index (χ4v) is 1.90. The minimum atomic E-state index is -0.472. The lowest BCUT2D eigenvalue weighted by Gasteiger charge is -2.23. The molecule has 1 aliphatic heterocycles. The minimum Gasteiger partial charge on any atom is -0.444 e. The first kappa shape index (κ1) is 13.8. The highest BCUT2D eigenvalue weighted by atomic mass is 16.6. The van der Waals surface area contributed by atoms with Gasteiger partial charge in [-0.25, -0.2) is 14.8 Å². The van der Waals surface area contributed by atoms with Crippen LogP contribution < -0.4 is 0 Å². The van der Waals surface area contributed by atoms with E-state index in [1.165, 1.54) is 0 Å². The van der Waals surface area contributed by atoms with Crippen LogP contribution in [-0.2, 0) is 17.8 Å². The van der Waals surface area contributed by atoms with E-state index in [0.717, 1.165) is 17.1 Å². The summed E-state index contributed by atoms with van der Waals surface area (Å²) in [5.74, 6) is 1.12. The molecule has 0 fully saturated rings. The molecule has 5 heteroatoms. The smallest absolute Gasteiger partial charge is 0.410 e. The highest BCUT2D eigenvalue weighted by Crippen LogP contribution is 2.23. The van der Waals surface area contributed by atoms with E-state index in [1.54, 1.807) is 4.90 Å². The molecule has 19 heavy (non-hydrogen) atoms. The summed E-state index contributed by atoms with van der Waals surface area (Å²) < 4.78 is 5.37. The predicted molar refractivity (Wildman–Crippen MR) is 71.6 cm³/mol. The zero-order chi connectivity index (χ0) is 14.2. The van der Waals surface area contributed by atoms with E-state index in [4.69, 9.17) is 4.74 Å². The normalized spacial score (nSPS) is 14.7. The predicted octanol–water partition coefficient (Wildman–Crippen LogP) is 2.85. The molecule has 1 aromatic heterocycles. The third-order valence-corrected chi connectivity index (χ3v) is 2.84. The molecule has 0 saturated heterocycles. The lowest BCUT2D eigenvalue weighted by atomic mass is 10.2. The van der Waals surface area contributed by atoms with Crippen molar-refractivity contribution in [1.29, 1.82) is 0 Å². The Morgan fingerprint density at radius 3 is 2.63 bits per heavy atom. The second kappa shape index (κ2) is 4.79. The molecule has 0 spiro atoms. The molecular formula is C14H21N3O2. The zero-order valence-electron chi connectivity index (χ0n) is 12.2. The molecule has 2 heterocycles. The number of rotatable bonds is 1. The fourth-order valence-electron chi connectivity index (χ4n) is 1.90. The number of aromatic nitrogens is 2. The maximum absolute atomic E-state index is 12.0. The summed E-state index contributed by atoms with van der Waals surface area (Å²) in [4.78, 5) is 22.5. The quantitative estimate of drug-likeness (QED) is 0.781. The van der Waals surface area contributed by atoms with Crippen molar-refractivity contribution in [2.45, 2.75) is 59.2 Å². The molecule has 104 valence electrons. The molecular weight excluding hydrogens is 242 g/mol. The summed E-state index contributed by atoms with van der Waals surface area (Å²) in [6, 6.07) is 0. The second-order valence-corrected chi connectivity index (χ2v) is 6.19. The van der Waals surface area contributed by atoms with E-state index in [1.807, 2.05) is 27.0 Å². The van der Waals surface area contributed by atoms with Crippen LogP contribution in [0.3, 0.4) is 0 Å². The second-order valence-electron chi connectivity index (χ2n) is 6.19. The Morgan fingerprint density at radius 1 is 1.37 bits per heavy atom. The van der Waals surface area contributed by atoms with Gasteiger partial charge in [-0.3, -0.25) is 4.90 Å². The van der Waals surface area contributed by atoms with Crippen LogP contribution in [0.25, 0.3) is 0 Å². The lowest BCUT2D eigenvalue weighted by Crippen LogP contribution is -2.33. The van der Waals surface area contributed by atoms with E-state index in [0.29, 0.717) is 19.0 Å². The third kappa shape index (κ3) is 3.22. The van der Waals surface area contributed by atoms with Crippen LogP contribution in [0.4, 0.5) is 4.79 Å². The lowest BCUT2D eigenvalue weighted by molar-refractivity contribution is 0.0240. The Hall–Kier alpha value is -1.65. The summed E-state index contributed by atoms with van der Waals surface area (Å²) in [7, 11) is 0. The van der Waals surface area contributed by atoms with Gasteiger partial charge >= 0.3 is 6.09 Å². The van der Waals surface area contributed by atoms with Crippen molar-refractivity contribution in [3.05, 3.63) is 23.3 Å². The summed E-state index contributed by atoms with van der Waals surface area (Å²) in [6.07, 6.45) is 1.53. The molecule has 2 rings (SSSR count). The number of fused-ring (bicyclic) bond motifs is 1. The molecule has 0 aliphatic carbocycles. The average Bonchev–Trinajstić information content (AvgIpc) is 2.68. The average molecular weight is 263 g/mol. The van der Waals surface area contributed by atoms with Crippen LogP contribution in [0.2, 0.25) is 0 Å². The van der Waals surface area contributed by atoms with Crippen molar-refractivity contribution in [2.75, 3.05) is 0 Å². The minimum absolute atomic E-state index is 0.292. The Labute approximate surface area is 114 Å². The highest BCUT2D eigenvalue weighted by Gasteiger charge is 2.29. The van der Waals surface area contributed by atoms with E-state index in [9.17, 15) is 4.79 Å². The van der Waals surface area contributed by atoms with Crippen molar-refractivity contribution >= 4 is 6.09 Å². The topological polar surface area (TPSA) is 55.3 Å². The summed E-state index contributed by atoms with van der Waals surface area (Å²) in [5, 5.41) is 0. The molecule has 0 atom stereocenters. The van der Waals surface area contributed by atoms with Crippen molar-refractivity contribution in [3.63, 3.8) is 0 Å². The van der Waals surface area contributed by atoms with E-state index >= 15 is 0 Å². The third-order valence-electron chi connectivity index (χ3n) is 2.84. The van der Waals surface area contributed by atoms with Gasteiger partial charge in [0.05, 0.1) is 18.8 Å². The fraction of sp³-hybridized carbons (Fsp3) is 0.643. The van der Waals surface area contributed by atoms with Gasteiger partial charge < -0.3 is 4.74 Å². The van der Waals surface area contributed by atoms with Crippen LogP contribution >= 0.6 is 0 Å². The maximum Gasteiger partial charge on any atom is 0.410 e. The highest BCUT2D eigenvalue weighted by molar-refractivity contribution is 5.69. The van der Waals surface area contributed by atoms with Crippen LogP contribution in [0.15, 0.2) is 6.20 Å². The summed E-state index contributed by atoms with van der Waals surface area (Å²) in [5.41, 5.74) is 1.47. The van der Waals surface area contributed by atoms with Gasteiger partial charge in [0, 0.05) is 17.7 Å². The van der Waals surface area contributed by atoms with Crippen LogP contribution in [0.5, 0.6) is 0 Å². The molecule has 0 unspecified atom stereocenters. The molecule has 1 aliphatic rings. The monoisotopic (exact) mass is 263 g/mol. The standard InChI is InChI=1S/C14H21N3O2/c1-9(2)12-15-6-10-7-17(8-11(10)16-12)13(18)19-14(3,4)5/h6,9H,7-8H2,1-5H3. The maximum atomic E-state index is 12.0. The molecule has 5 nitrogen and oxygen atoms in total.